The Morgan fingerprint density at radius 1 is 1.40 bits per heavy atom. The van der Waals surface area contributed by atoms with Crippen molar-refractivity contribution >= 4 is 23.1 Å². The molecular formula is C18H22N4O2S. The molecule has 0 bridgehead atoms. The molecule has 1 saturated carbocycles. The van der Waals surface area contributed by atoms with Crippen LogP contribution in [0.25, 0.3) is 0 Å². The van der Waals surface area contributed by atoms with Gasteiger partial charge < -0.3 is 15.3 Å². The lowest BCUT2D eigenvalue weighted by Crippen LogP contribution is -2.44. The molecule has 7 heteroatoms. The largest absolute Gasteiger partial charge is 0.391 e. The molecule has 2 aliphatic rings. The summed E-state index contributed by atoms with van der Waals surface area (Å²) in [7, 11) is 0. The van der Waals surface area contributed by atoms with Gasteiger partial charge in [0.1, 0.15) is 12.1 Å². The quantitative estimate of drug-likeness (QED) is 0.851. The Balaban J connectivity index is 1.29. The van der Waals surface area contributed by atoms with Gasteiger partial charge in [0.05, 0.1) is 12.5 Å². The number of amides is 1. The smallest absolute Gasteiger partial charge is 0.224 e. The maximum atomic E-state index is 12.1. The second-order valence-electron chi connectivity index (χ2n) is 6.93. The zero-order chi connectivity index (χ0) is 17.2. The molecule has 2 aromatic rings. The van der Waals surface area contributed by atoms with E-state index in [1.54, 1.807) is 17.7 Å². The number of aliphatic hydroxyl groups excluding tert-OH is 1. The summed E-state index contributed by atoms with van der Waals surface area (Å²) >= 11 is 1.62. The van der Waals surface area contributed by atoms with Gasteiger partial charge in [0, 0.05) is 36.8 Å². The molecule has 1 aliphatic heterocycles. The van der Waals surface area contributed by atoms with Gasteiger partial charge in [-0.25, -0.2) is 9.97 Å². The number of nitrogens with one attached hydrogen (secondary N) is 1. The lowest BCUT2D eigenvalue weighted by molar-refractivity contribution is -0.121. The van der Waals surface area contributed by atoms with Crippen molar-refractivity contribution in [1.82, 2.24) is 15.3 Å². The molecule has 2 N–H and O–H groups in total. The third-order valence-corrected chi connectivity index (χ3v) is 5.76. The number of carbonyl (C=O) groups excluding carboxylic acids is 1. The fraction of sp³-hybridized carbons (Fsp3) is 0.500. The number of nitrogens with zero attached hydrogens (tertiary/aromatic N) is 3. The third-order valence-electron chi connectivity index (χ3n) is 5.03. The summed E-state index contributed by atoms with van der Waals surface area (Å²) in [5, 5.41) is 16.8. The molecule has 0 radical (unpaired) electrons. The number of β-amino-alcohol motifs (C(OH)–C–C–N with tert-alkyl or cyclic N) is 1. The fourth-order valence-corrected chi connectivity index (χ4v) is 4.21. The van der Waals surface area contributed by atoms with Crippen LogP contribution in [-0.2, 0) is 11.2 Å². The summed E-state index contributed by atoms with van der Waals surface area (Å²) < 4.78 is 0. The SMILES string of the molecule is O=C(Cc1ccsc1)NC1CC(c2cc(N3CCC(O)C3)ncn2)C1. The van der Waals surface area contributed by atoms with Crippen molar-refractivity contribution in [3.05, 3.63) is 40.5 Å². The Hall–Kier alpha value is -1.99. The minimum Gasteiger partial charge on any atom is -0.391 e. The highest BCUT2D eigenvalue weighted by Crippen LogP contribution is 2.36. The summed E-state index contributed by atoms with van der Waals surface area (Å²) in [5.74, 6) is 1.36. The van der Waals surface area contributed by atoms with Crippen molar-refractivity contribution in [2.24, 2.45) is 0 Å². The van der Waals surface area contributed by atoms with Crippen LogP contribution >= 0.6 is 11.3 Å². The predicted octanol–water partition coefficient (Wildman–Crippen LogP) is 1.71. The van der Waals surface area contributed by atoms with Crippen molar-refractivity contribution in [3.63, 3.8) is 0 Å². The van der Waals surface area contributed by atoms with Crippen LogP contribution < -0.4 is 10.2 Å². The molecule has 1 amide bonds. The Morgan fingerprint density at radius 3 is 3.00 bits per heavy atom. The minimum absolute atomic E-state index is 0.0938. The number of aromatic nitrogens is 2. The maximum Gasteiger partial charge on any atom is 0.224 e. The summed E-state index contributed by atoms with van der Waals surface area (Å²) in [6, 6.07) is 4.26. The summed E-state index contributed by atoms with van der Waals surface area (Å²) in [6.07, 6.45) is 4.45. The molecule has 2 aromatic heterocycles. The van der Waals surface area contributed by atoms with Crippen LogP contribution in [0.1, 0.15) is 36.4 Å². The van der Waals surface area contributed by atoms with Gasteiger partial charge in [-0.3, -0.25) is 4.79 Å². The average molecular weight is 358 g/mol. The van der Waals surface area contributed by atoms with Crippen LogP contribution in [0.3, 0.4) is 0 Å². The predicted molar refractivity (Wildman–Crippen MR) is 96.8 cm³/mol. The first-order valence-electron chi connectivity index (χ1n) is 8.73. The number of thiophene rings is 1. The number of rotatable bonds is 5. The van der Waals surface area contributed by atoms with Gasteiger partial charge in [-0.15, -0.1) is 0 Å². The molecule has 0 aromatic carbocycles. The normalized spacial score (nSPS) is 25.6. The van der Waals surface area contributed by atoms with Gasteiger partial charge in [0.15, 0.2) is 0 Å². The van der Waals surface area contributed by atoms with E-state index in [4.69, 9.17) is 0 Å². The second kappa shape index (κ2) is 7.09. The van der Waals surface area contributed by atoms with E-state index in [2.05, 4.69) is 20.2 Å². The Labute approximate surface area is 150 Å². The molecule has 1 aliphatic carbocycles. The van der Waals surface area contributed by atoms with Crippen LogP contribution in [-0.4, -0.2) is 46.2 Å². The Bertz CT molecular complexity index is 730. The average Bonchev–Trinajstić information content (AvgIpc) is 3.22. The van der Waals surface area contributed by atoms with Crippen molar-refractivity contribution in [2.45, 2.75) is 43.7 Å². The van der Waals surface area contributed by atoms with Gasteiger partial charge in [-0.1, -0.05) is 0 Å². The van der Waals surface area contributed by atoms with E-state index in [0.717, 1.165) is 42.9 Å². The van der Waals surface area contributed by atoms with Gasteiger partial charge >= 0.3 is 0 Å². The first-order chi connectivity index (χ1) is 12.2. The summed E-state index contributed by atoms with van der Waals surface area (Å²) in [5.41, 5.74) is 2.11. The van der Waals surface area contributed by atoms with E-state index in [1.807, 2.05) is 22.9 Å². The molecule has 3 heterocycles. The van der Waals surface area contributed by atoms with E-state index in [1.165, 1.54) is 0 Å². The third kappa shape index (κ3) is 3.82. The van der Waals surface area contributed by atoms with Crippen LogP contribution in [0.15, 0.2) is 29.2 Å². The number of hydrogen-bond donors (Lipinski definition) is 2. The molecule has 25 heavy (non-hydrogen) atoms. The van der Waals surface area contributed by atoms with Crippen molar-refractivity contribution in [3.8, 4) is 0 Å². The summed E-state index contributed by atoms with van der Waals surface area (Å²) in [6.45, 7) is 1.48. The number of carbonyl (C=O) groups is 1. The minimum atomic E-state index is -0.259. The van der Waals surface area contributed by atoms with Crippen molar-refractivity contribution < 1.29 is 9.90 Å². The maximum absolute atomic E-state index is 12.1. The molecule has 6 nitrogen and oxygen atoms in total. The molecular weight excluding hydrogens is 336 g/mol. The van der Waals surface area contributed by atoms with Crippen LogP contribution in [0.2, 0.25) is 0 Å². The molecule has 1 saturated heterocycles. The molecule has 1 atom stereocenters. The first-order valence-corrected chi connectivity index (χ1v) is 9.67. The molecule has 1 unspecified atom stereocenters. The first kappa shape index (κ1) is 16.5. The molecule has 0 spiro atoms. The Morgan fingerprint density at radius 2 is 2.28 bits per heavy atom. The van der Waals surface area contributed by atoms with Crippen LogP contribution in [0, 0.1) is 0 Å². The number of aliphatic hydroxyl groups is 1. The second-order valence-corrected chi connectivity index (χ2v) is 7.71. The van der Waals surface area contributed by atoms with E-state index in [9.17, 15) is 9.90 Å². The van der Waals surface area contributed by atoms with E-state index in [0.29, 0.717) is 18.9 Å². The lowest BCUT2D eigenvalue weighted by Gasteiger charge is -2.35. The monoisotopic (exact) mass is 358 g/mol. The zero-order valence-electron chi connectivity index (χ0n) is 14.0. The van der Waals surface area contributed by atoms with Crippen LogP contribution in [0.4, 0.5) is 5.82 Å². The van der Waals surface area contributed by atoms with Gasteiger partial charge in [-0.05, 0) is 41.7 Å². The highest BCUT2D eigenvalue weighted by atomic mass is 32.1. The zero-order valence-corrected chi connectivity index (χ0v) is 14.8. The molecule has 132 valence electrons. The summed E-state index contributed by atoms with van der Waals surface area (Å²) in [4.78, 5) is 22.9. The van der Waals surface area contributed by atoms with Gasteiger partial charge in [0.25, 0.3) is 0 Å². The molecule has 4 rings (SSSR count). The van der Waals surface area contributed by atoms with Gasteiger partial charge in [-0.2, -0.15) is 11.3 Å². The Kier molecular flexibility index (Phi) is 4.67. The topological polar surface area (TPSA) is 78.4 Å². The number of hydrogen-bond acceptors (Lipinski definition) is 6. The highest BCUT2D eigenvalue weighted by Gasteiger charge is 2.33. The van der Waals surface area contributed by atoms with E-state index < -0.39 is 0 Å². The standard InChI is InChI=1S/C18H22N4O2S/c23-15-1-3-22(9-15)17-8-16(19-11-20-17)13-6-14(7-13)21-18(24)5-12-2-4-25-10-12/h2,4,8,10-11,13-15,23H,1,3,5-7,9H2,(H,21,24). The van der Waals surface area contributed by atoms with E-state index in [-0.39, 0.29) is 18.1 Å². The fourth-order valence-electron chi connectivity index (χ4n) is 3.54. The highest BCUT2D eigenvalue weighted by molar-refractivity contribution is 7.08. The number of anilines is 1. The van der Waals surface area contributed by atoms with E-state index >= 15 is 0 Å². The lowest BCUT2D eigenvalue weighted by atomic mass is 9.78. The van der Waals surface area contributed by atoms with Crippen LogP contribution in [0.5, 0.6) is 0 Å². The van der Waals surface area contributed by atoms with Crippen molar-refractivity contribution in [2.75, 3.05) is 18.0 Å². The molecule has 2 fully saturated rings. The van der Waals surface area contributed by atoms with Gasteiger partial charge in [0.2, 0.25) is 5.91 Å². The van der Waals surface area contributed by atoms with Crippen molar-refractivity contribution in [1.29, 1.82) is 0 Å².